The van der Waals surface area contributed by atoms with E-state index < -0.39 is 6.10 Å². The lowest BCUT2D eigenvalue weighted by Crippen LogP contribution is -2.49. The minimum atomic E-state index is -0.424. The standard InChI is InChI=1S/C32H39ClN2O3S/c1-20-5-3-7-29(36)26-11-8-24(26)17-35-18-32(14-4-6-22-15-25(33)10-12-27(22)32)19-38-30-13-9-23(16-28(30)35)31(37)34-39-21(20)2/h3,7,9-10,12-13,15-16,20-21,24,26,29,36H,4-6,8,11,14,17-19H2,1-2H3,(H,34,37)/b7-3+. The summed E-state index contributed by atoms with van der Waals surface area (Å²) in [7, 11) is 0. The average Bonchev–Trinajstić information content (AvgIpc) is 3.05. The molecule has 2 bridgehead atoms. The first-order valence-electron chi connectivity index (χ1n) is 14.4. The summed E-state index contributed by atoms with van der Waals surface area (Å²) in [6, 6.07) is 12.2. The molecule has 0 saturated heterocycles. The number of halogens is 1. The van der Waals surface area contributed by atoms with E-state index in [4.69, 9.17) is 16.3 Å². The maximum Gasteiger partial charge on any atom is 0.261 e. The molecular formula is C32H39ClN2O3S. The Hall–Kier alpha value is -2.15. The lowest BCUT2D eigenvalue weighted by atomic mass is 9.68. The van der Waals surface area contributed by atoms with Gasteiger partial charge in [-0.1, -0.05) is 43.7 Å². The smallest absolute Gasteiger partial charge is 0.261 e. The summed E-state index contributed by atoms with van der Waals surface area (Å²) in [6.07, 6.45) is 9.93. The predicted molar refractivity (Wildman–Crippen MR) is 160 cm³/mol. The molecule has 1 fully saturated rings. The van der Waals surface area contributed by atoms with Crippen LogP contribution in [-0.4, -0.2) is 42.1 Å². The van der Waals surface area contributed by atoms with Crippen molar-refractivity contribution in [2.24, 2.45) is 17.8 Å². The Morgan fingerprint density at radius 1 is 1.18 bits per heavy atom. The zero-order chi connectivity index (χ0) is 27.1. The van der Waals surface area contributed by atoms with Gasteiger partial charge in [-0.3, -0.25) is 9.52 Å². The van der Waals surface area contributed by atoms with Crippen LogP contribution in [0.15, 0.2) is 48.6 Å². The van der Waals surface area contributed by atoms with Gasteiger partial charge in [-0.05, 0) is 110 Å². The molecule has 5 nitrogen and oxygen atoms in total. The molecule has 7 heteroatoms. The van der Waals surface area contributed by atoms with Gasteiger partial charge in [0.2, 0.25) is 0 Å². The second-order valence-electron chi connectivity index (χ2n) is 12.2. The Balaban J connectivity index is 1.39. The topological polar surface area (TPSA) is 61.8 Å². The van der Waals surface area contributed by atoms with E-state index in [0.717, 1.165) is 68.1 Å². The number of carbonyl (C=O) groups is 1. The quantitative estimate of drug-likeness (QED) is 0.279. The van der Waals surface area contributed by atoms with Gasteiger partial charge in [-0.15, -0.1) is 0 Å². The van der Waals surface area contributed by atoms with E-state index in [-0.39, 0.29) is 22.5 Å². The number of fused-ring (bicyclic) bond motifs is 4. The number of hydrogen-bond acceptors (Lipinski definition) is 5. The average molecular weight is 567 g/mol. The molecule has 2 aliphatic carbocycles. The summed E-state index contributed by atoms with van der Waals surface area (Å²) in [5, 5.41) is 12.1. The minimum absolute atomic E-state index is 0.0713. The Bertz CT molecular complexity index is 1270. The fourth-order valence-electron chi connectivity index (χ4n) is 6.90. The van der Waals surface area contributed by atoms with Crippen LogP contribution >= 0.6 is 23.5 Å². The van der Waals surface area contributed by atoms with E-state index in [0.29, 0.717) is 24.0 Å². The number of rotatable bonds is 0. The summed E-state index contributed by atoms with van der Waals surface area (Å²) in [5.74, 6) is 1.78. The molecule has 2 aliphatic heterocycles. The number of benzene rings is 2. The molecule has 6 atom stereocenters. The number of ether oxygens (including phenoxy) is 1. The molecule has 2 heterocycles. The van der Waals surface area contributed by atoms with Gasteiger partial charge in [0.1, 0.15) is 5.75 Å². The fraction of sp³-hybridized carbons (Fsp3) is 0.531. The Morgan fingerprint density at radius 3 is 2.87 bits per heavy atom. The highest BCUT2D eigenvalue weighted by molar-refractivity contribution is 7.98. The van der Waals surface area contributed by atoms with Crippen molar-refractivity contribution in [3.63, 3.8) is 0 Å². The third-order valence-corrected chi connectivity index (χ3v) is 11.0. The summed E-state index contributed by atoms with van der Waals surface area (Å²) in [4.78, 5) is 15.7. The number of aliphatic hydroxyl groups is 1. The van der Waals surface area contributed by atoms with Crippen molar-refractivity contribution in [1.29, 1.82) is 0 Å². The van der Waals surface area contributed by atoms with Crippen LogP contribution in [0.2, 0.25) is 5.02 Å². The van der Waals surface area contributed by atoms with Crippen molar-refractivity contribution in [3.8, 4) is 5.75 Å². The number of nitrogens with one attached hydrogen (secondary N) is 1. The maximum absolute atomic E-state index is 13.2. The van der Waals surface area contributed by atoms with Gasteiger partial charge in [0, 0.05) is 34.3 Å². The molecule has 0 aromatic heterocycles. The highest BCUT2D eigenvalue weighted by atomic mass is 35.5. The molecule has 2 aromatic rings. The SMILES string of the molecule is CC1C/C=C/C(O)C2CCC2CN2CC3(CCCc4cc(Cl)ccc43)COc3ccc(cc32)C(=O)NSC1C. The summed E-state index contributed by atoms with van der Waals surface area (Å²) in [6.45, 7) is 6.59. The molecule has 6 rings (SSSR count). The van der Waals surface area contributed by atoms with Crippen molar-refractivity contribution >= 4 is 35.1 Å². The van der Waals surface area contributed by atoms with Crippen LogP contribution in [0.5, 0.6) is 5.75 Å². The number of nitrogens with zero attached hydrogens (tertiary/aromatic N) is 1. The van der Waals surface area contributed by atoms with Gasteiger partial charge in [0.25, 0.3) is 5.91 Å². The van der Waals surface area contributed by atoms with E-state index in [1.807, 2.05) is 30.3 Å². The minimum Gasteiger partial charge on any atom is -0.490 e. The van der Waals surface area contributed by atoms with Crippen molar-refractivity contribution < 1.29 is 14.6 Å². The monoisotopic (exact) mass is 566 g/mol. The van der Waals surface area contributed by atoms with Crippen molar-refractivity contribution in [3.05, 3.63) is 70.3 Å². The molecular weight excluding hydrogens is 528 g/mol. The molecule has 1 saturated carbocycles. The molecule has 39 heavy (non-hydrogen) atoms. The molecule has 6 unspecified atom stereocenters. The van der Waals surface area contributed by atoms with Gasteiger partial charge in [0.05, 0.1) is 18.4 Å². The number of amides is 1. The van der Waals surface area contributed by atoms with Gasteiger partial charge >= 0.3 is 0 Å². The maximum atomic E-state index is 13.2. The second-order valence-corrected chi connectivity index (χ2v) is 13.8. The summed E-state index contributed by atoms with van der Waals surface area (Å²) in [5.41, 5.74) is 4.14. The fourth-order valence-corrected chi connectivity index (χ4v) is 7.85. The Kier molecular flexibility index (Phi) is 7.64. The molecule has 0 radical (unpaired) electrons. The van der Waals surface area contributed by atoms with Gasteiger partial charge in [0.15, 0.2) is 0 Å². The van der Waals surface area contributed by atoms with Gasteiger partial charge in [-0.2, -0.15) is 0 Å². The number of aliphatic hydroxyl groups excluding tert-OH is 1. The van der Waals surface area contributed by atoms with Gasteiger partial charge in [-0.25, -0.2) is 0 Å². The van der Waals surface area contributed by atoms with Crippen LogP contribution in [-0.2, 0) is 11.8 Å². The van der Waals surface area contributed by atoms with E-state index >= 15 is 0 Å². The zero-order valence-electron chi connectivity index (χ0n) is 22.9. The zero-order valence-corrected chi connectivity index (χ0v) is 24.4. The van der Waals surface area contributed by atoms with E-state index in [9.17, 15) is 9.90 Å². The van der Waals surface area contributed by atoms with Crippen LogP contribution in [0.3, 0.4) is 0 Å². The van der Waals surface area contributed by atoms with Crippen LogP contribution in [0.1, 0.15) is 67.4 Å². The lowest BCUT2D eigenvalue weighted by Gasteiger charge is -2.45. The van der Waals surface area contributed by atoms with E-state index in [1.54, 1.807) is 0 Å². The lowest BCUT2D eigenvalue weighted by molar-refractivity contribution is 0.0456. The van der Waals surface area contributed by atoms with E-state index in [2.05, 4.69) is 41.7 Å². The number of allylic oxidation sites excluding steroid dienone is 1. The molecule has 1 spiro atoms. The predicted octanol–water partition coefficient (Wildman–Crippen LogP) is 6.56. The van der Waals surface area contributed by atoms with Crippen molar-refractivity contribution in [1.82, 2.24) is 4.72 Å². The highest BCUT2D eigenvalue weighted by Gasteiger charge is 2.44. The van der Waals surface area contributed by atoms with Crippen LogP contribution in [0.4, 0.5) is 5.69 Å². The molecule has 1 amide bonds. The summed E-state index contributed by atoms with van der Waals surface area (Å²) < 4.78 is 9.67. The van der Waals surface area contributed by atoms with Crippen LogP contribution in [0.25, 0.3) is 0 Å². The number of hydrogen-bond donors (Lipinski definition) is 2. The number of carbonyl (C=O) groups excluding carboxylic acids is 1. The van der Waals surface area contributed by atoms with Crippen molar-refractivity contribution in [2.45, 2.75) is 69.1 Å². The Labute approximate surface area is 241 Å². The number of aryl methyl sites for hydroxylation is 1. The second kappa shape index (κ2) is 11.0. The highest BCUT2D eigenvalue weighted by Crippen LogP contribution is 2.46. The first-order valence-corrected chi connectivity index (χ1v) is 15.7. The normalized spacial score (nSPS) is 33.6. The first-order chi connectivity index (χ1) is 18.8. The molecule has 208 valence electrons. The van der Waals surface area contributed by atoms with E-state index in [1.165, 1.54) is 23.1 Å². The Morgan fingerprint density at radius 2 is 2.05 bits per heavy atom. The largest absolute Gasteiger partial charge is 0.490 e. The third kappa shape index (κ3) is 5.32. The molecule has 2 aromatic carbocycles. The van der Waals surface area contributed by atoms with Crippen molar-refractivity contribution in [2.75, 3.05) is 24.6 Å². The number of anilines is 1. The molecule has 4 aliphatic rings. The first kappa shape index (κ1) is 27.0. The van der Waals surface area contributed by atoms with Crippen LogP contribution < -0.4 is 14.4 Å². The third-order valence-electron chi connectivity index (χ3n) is 9.65. The molecule has 2 N–H and O–H groups in total. The summed E-state index contributed by atoms with van der Waals surface area (Å²) >= 11 is 7.88. The van der Waals surface area contributed by atoms with Crippen LogP contribution in [0, 0.1) is 17.8 Å². The van der Waals surface area contributed by atoms with Gasteiger partial charge < -0.3 is 14.7 Å².